The molecule has 3 rings (SSSR count). The van der Waals surface area contributed by atoms with E-state index in [0.717, 1.165) is 47.6 Å². The molecular formula is C23H27N3O2. The topological polar surface area (TPSA) is 76.4 Å². The van der Waals surface area contributed by atoms with Crippen LogP contribution < -0.4 is 10.2 Å². The van der Waals surface area contributed by atoms with Crippen molar-refractivity contribution < 1.29 is 9.90 Å². The summed E-state index contributed by atoms with van der Waals surface area (Å²) in [6, 6.07) is 12.2. The number of hydrogen-bond acceptors (Lipinski definition) is 4. The molecule has 2 aromatic rings. The molecule has 0 saturated carbocycles. The number of para-hydroxylation sites is 1. The third-order valence-corrected chi connectivity index (χ3v) is 5.79. The van der Waals surface area contributed by atoms with Crippen LogP contribution in [0.3, 0.4) is 0 Å². The van der Waals surface area contributed by atoms with Gasteiger partial charge in [-0.1, -0.05) is 25.1 Å². The van der Waals surface area contributed by atoms with Crippen molar-refractivity contribution in [3.8, 4) is 6.07 Å². The van der Waals surface area contributed by atoms with E-state index in [2.05, 4.69) is 23.2 Å². The molecule has 28 heavy (non-hydrogen) atoms. The Labute approximate surface area is 166 Å². The number of anilines is 2. The summed E-state index contributed by atoms with van der Waals surface area (Å²) in [4.78, 5) is 13.9. The van der Waals surface area contributed by atoms with Gasteiger partial charge < -0.3 is 15.3 Å². The first kappa shape index (κ1) is 19.8. The molecular weight excluding hydrogens is 350 g/mol. The van der Waals surface area contributed by atoms with Gasteiger partial charge in [-0.2, -0.15) is 5.26 Å². The lowest BCUT2D eigenvalue weighted by Crippen LogP contribution is -2.45. The highest BCUT2D eigenvalue weighted by atomic mass is 16.4. The monoisotopic (exact) mass is 377 g/mol. The number of rotatable bonds is 4. The number of piperidine rings is 1. The van der Waals surface area contributed by atoms with E-state index in [1.165, 1.54) is 0 Å². The second kappa shape index (κ2) is 7.93. The highest BCUT2D eigenvalue weighted by Gasteiger charge is 2.28. The zero-order chi connectivity index (χ0) is 20.4. The van der Waals surface area contributed by atoms with E-state index in [1.54, 1.807) is 0 Å². The molecule has 0 amide bonds. The maximum Gasteiger partial charge on any atom is 0.336 e. The Morgan fingerprint density at radius 2 is 1.96 bits per heavy atom. The van der Waals surface area contributed by atoms with Crippen molar-refractivity contribution in [3.05, 3.63) is 58.1 Å². The van der Waals surface area contributed by atoms with Gasteiger partial charge >= 0.3 is 5.97 Å². The van der Waals surface area contributed by atoms with Crippen LogP contribution in [0.5, 0.6) is 0 Å². The van der Waals surface area contributed by atoms with Gasteiger partial charge in [-0.15, -0.1) is 0 Å². The zero-order valence-electron chi connectivity index (χ0n) is 16.9. The molecule has 1 aliphatic rings. The summed E-state index contributed by atoms with van der Waals surface area (Å²) in [7, 11) is 0. The van der Waals surface area contributed by atoms with Gasteiger partial charge in [0.05, 0.1) is 16.8 Å². The summed E-state index contributed by atoms with van der Waals surface area (Å²) >= 11 is 0. The van der Waals surface area contributed by atoms with E-state index in [4.69, 9.17) is 0 Å². The van der Waals surface area contributed by atoms with E-state index in [-0.39, 0.29) is 6.04 Å². The van der Waals surface area contributed by atoms with Gasteiger partial charge in [0.15, 0.2) is 0 Å². The summed E-state index contributed by atoms with van der Waals surface area (Å²) in [6.45, 7) is 9.67. The largest absolute Gasteiger partial charge is 0.478 e. The quantitative estimate of drug-likeness (QED) is 0.820. The summed E-state index contributed by atoms with van der Waals surface area (Å²) < 4.78 is 0. The lowest BCUT2D eigenvalue weighted by atomic mass is 9.91. The Kier molecular flexibility index (Phi) is 5.60. The van der Waals surface area contributed by atoms with Crippen molar-refractivity contribution >= 4 is 17.3 Å². The number of aryl methyl sites for hydroxylation is 2. The molecule has 5 heteroatoms. The lowest BCUT2D eigenvalue weighted by molar-refractivity contribution is 0.0695. The van der Waals surface area contributed by atoms with E-state index in [0.29, 0.717) is 17.0 Å². The number of carboxylic acid groups (broad SMARTS) is 1. The number of nitriles is 1. The van der Waals surface area contributed by atoms with E-state index in [1.807, 2.05) is 51.1 Å². The molecule has 1 aliphatic heterocycles. The second-order valence-electron chi connectivity index (χ2n) is 7.78. The number of nitrogens with one attached hydrogen (secondary N) is 1. The van der Waals surface area contributed by atoms with Gasteiger partial charge in [0, 0.05) is 24.8 Å². The Balaban J connectivity index is 1.81. The number of nitrogens with zero attached hydrogens (tertiary/aromatic N) is 2. The molecule has 5 nitrogen and oxygen atoms in total. The van der Waals surface area contributed by atoms with Gasteiger partial charge in [0.1, 0.15) is 6.07 Å². The van der Waals surface area contributed by atoms with Crippen molar-refractivity contribution in [2.45, 2.75) is 40.2 Å². The fourth-order valence-corrected chi connectivity index (χ4v) is 4.34. The first-order chi connectivity index (χ1) is 13.3. The lowest BCUT2D eigenvalue weighted by Gasteiger charge is -2.40. The van der Waals surface area contributed by atoms with Crippen LogP contribution in [-0.2, 0) is 0 Å². The van der Waals surface area contributed by atoms with Crippen molar-refractivity contribution in [1.29, 1.82) is 5.26 Å². The zero-order valence-corrected chi connectivity index (χ0v) is 16.9. The van der Waals surface area contributed by atoms with Gasteiger partial charge in [-0.25, -0.2) is 4.79 Å². The maximum absolute atomic E-state index is 11.7. The van der Waals surface area contributed by atoms with E-state index in [9.17, 15) is 15.2 Å². The summed E-state index contributed by atoms with van der Waals surface area (Å²) in [5.74, 6) is -0.525. The number of hydrogen-bond donors (Lipinski definition) is 2. The molecule has 1 saturated heterocycles. The Hall–Kier alpha value is -3.00. The minimum atomic E-state index is -0.881. The first-order valence-electron chi connectivity index (χ1n) is 9.68. The van der Waals surface area contributed by atoms with Crippen LogP contribution in [0.1, 0.15) is 46.0 Å². The van der Waals surface area contributed by atoms with Crippen LogP contribution in [0.25, 0.3) is 0 Å². The predicted octanol–water partition coefficient (Wildman–Crippen LogP) is 4.51. The van der Waals surface area contributed by atoms with Crippen molar-refractivity contribution in [2.75, 3.05) is 23.3 Å². The summed E-state index contributed by atoms with van der Waals surface area (Å²) in [5.41, 5.74) is 5.69. The fraction of sp³-hybridized carbons (Fsp3) is 0.391. The molecule has 1 fully saturated rings. The smallest absolute Gasteiger partial charge is 0.336 e. The molecule has 2 N–H and O–H groups in total. The molecule has 0 unspecified atom stereocenters. The van der Waals surface area contributed by atoms with Crippen LogP contribution in [-0.4, -0.2) is 30.2 Å². The summed E-state index contributed by atoms with van der Waals surface area (Å²) in [5, 5.41) is 22.6. The Morgan fingerprint density at radius 3 is 2.61 bits per heavy atom. The van der Waals surface area contributed by atoms with Crippen molar-refractivity contribution in [1.82, 2.24) is 0 Å². The highest BCUT2D eigenvalue weighted by Crippen LogP contribution is 2.32. The minimum absolute atomic E-state index is 0.257. The SMILES string of the molecule is Cc1cc(C)c(C(=O)O)c(C)c1N[C@H]1CCN(c2ccccc2C#N)C[C@H]1C. The van der Waals surface area contributed by atoms with Gasteiger partial charge in [-0.3, -0.25) is 0 Å². The fourth-order valence-electron chi connectivity index (χ4n) is 4.34. The van der Waals surface area contributed by atoms with E-state index >= 15 is 0 Å². The van der Waals surface area contributed by atoms with Crippen LogP contribution >= 0.6 is 0 Å². The van der Waals surface area contributed by atoms with E-state index < -0.39 is 5.97 Å². The van der Waals surface area contributed by atoms with Gasteiger partial charge in [0.25, 0.3) is 0 Å². The molecule has 1 heterocycles. The number of aromatic carboxylic acids is 1. The molecule has 2 atom stereocenters. The maximum atomic E-state index is 11.7. The van der Waals surface area contributed by atoms with Gasteiger partial charge in [0.2, 0.25) is 0 Å². The van der Waals surface area contributed by atoms with Crippen LogP contribution in [0.2, 0.25) is 0 Å². The molecule has 0 aliphatic carbocycles. The second-order valence-corrected chi connectivity index (χ2v) is 7.78. The molecule has 0 spiro atoms. The molecule has 0 radical (unpaired) electrons. The van der Waals surface area contributed by atoms with Gasteiger partial charge in [-0.05, 0) is 61.9 Å². The molecule has 0 aromatic heterocycles. The van der Waals surface area contributed by atoms with Crippen molar-refractivity contribution in [3.63, 3.8) is 0 Å². The molecule has 2 aromatic carbocycles. The third-order valence-electron chi connectivity index (χ3n) is 5.79. The number of benzene rings is 2. The number of carboxylic acids is 1. The molecule has 0 bridgehead atoms. The van der Waals surface area contributed by atoms with Crippen LogP contribution in [0.4, 0.5) is 11.4 Å². The Bertz CT molecular complexity index is 946. The minimum Gasteiger partial charge on any atom is -0.478 e. The van der Waals surface area contributed by atoms with Crippen LogP contribution in [0.15, 0.2) is 30.3 Å². The Morgan fingerprint density at radius 1 is 1.25 bits per heavy atom. The van der Waals surface area contributed by atoms with Crippen molar-refractivity contribution in [2.24, 2.45) is 5.92 Å². The standard InChI is InChI=1S/C23H27N3O2/c1-14-11-15(2)22(17(4)21(14)23(27)28)25-19-9-10-26(13-16(19)3)20-8-6-5-7-18(20)12-24/h5-8,11,16,19,25H,9-10,13H2,1-4H3,(H,27,28)/t16-,19+/m1/s1. The summed E-state index contributed by atoms with van der Waals surface area (Å²) in [6.07, 6.45) is 0.927. The molecule has 146 valence electrons. The third kappa shape index (κ3) is 3.68. The predicted molar refractivity (Wildman–Crippen MR) is 112 cm³/mol. The number of carbonyl (C=O) groups is 1. The normalized spacial score (nSPS) is 19.2. The average molecular weight is 377 g/mol. The first-order valence-corrected chi connectivity index (χ1v) is 9.68. The highest BCUT2D eigenvalue weighted by molar-refractivity contribution is 5.93. The van der Waals surface area contributed by atoms with Crippen LogP contribution in [0, 0.1) is 38.0 Å². The average Bonchev–Trinajstić information content (AvgIpc) is 2.65.